The molecular weight excluding hydrogens is 272 g/mol. The average Bonchev–Trinajstić information content (AvgIpc) is 2.24. The van der Waals surface area contributed by atoms with Crippen molar-refractivity contribution in [2.75, 3.05) is 0 Å². The Morgan fingerprint density at radius 1 is 0.842 bits per heavy atom. The maximum atomic E-state index is 12.6. The van der Waals surface area contributed by atoms with Crippen LogP contribution >= 0.6 is 0 Å². The number of rotatable bonds is 2. The first-order valence-electron chi connectivity index (χ1n) is 5.48. The fourth-order valence-corrected chi connectivity index (χ4v) is 1.56. The zero-order valence-corrected chi connectivity index (χ0v) is 10.2. The van der Waals surface area contributed by atoms with Gasteiger partial charge >= 0.3 is 12.4 Å². The van der Waals surface area contributed by atoms with Crippen LogP contribution in [0.25, 0.3) is 0 Å². The minimum atomic E-state index is -4.84. The minimum Gasteiger partial charge on any atom is -0.324 e. The summed E-state index contributed by atoms with van der Waals surface area (Å²) in [6.07, 6.45) is -9.68. The number of nitrogens with two attached hydrogens (primary N) is 1. The molecule has 7 heteroatoms. The predicted molar refractivity (Wildman–Crippen MR) is 58.2 cm³/mol. The van der Waals surface area contributed by atoms with Crippen LogP contribution in [-0.4, -0.2) is 0 Å². The molecule has 1 nitrogen and oxygen atoms in total. The lowest BCUT2D eigenvalue weighted by Gasteiger charge is -2.20. The van der Waals surface area contributed by atoms with Crippen molar-refractivity contribution in [3.05, 3.63) is 34.9 Å². The van der Waals surface area contributed by atoms with Crippen LogP contribution in [0.2, 0.25) is 0 Å². The SMILES string of the molecule is CC(C)C(N)c1cc(C(F)(F)F)cc(C(F)(F)F)c1. The second-order valence-electron chi connectivity index (χ2n) is 4.61. The third-order valence-corrected chi connectivity index (χ3v) is 2.71. The van der Waals surface area contributed by atoms with E-state index < -0.39 is 29.5 Å². The predicted octanol–water partition coefficient (Wildman–Crippen LogP) is 4.38. The smallest absolute Gasteiger partial charge is 0.324 e. The van der Waals surface area contributed by atoms with Gasteiger partial charge in [0.2, 0.25) is 0 Å². The Morgan fingerprint density at radius 2 is 1.21 bits per heavy atom. The monoisotopic (exact) mass is 285 g/mol. The number of benzene rings is 1. The number of hydrogen-bond donors (Lipinski definition) is 1. The van der Waals surface area contributed by atoms with E-state index in [1.54, 1.807) is 13.8 Å². The molecule has 0 amide bonds. The summed E-state index contributed by atoms with van der Waals surface area (Å²) in [6.45, 7) is 3.25. The summed E-state index contributed by atoms with van der Waals surface area (Å²) < 4.78 is 75.6. The second kappa shape index (κ2) is 5.03. The van der Waals surface area contributed by atoms with Crippen molar-refractivity contribution >= 4 is 0 Å². The van der Waals surface area contributed by atoms with Gasteiger partial charge in [-0.05, 0) is 29.7 Å². The largest absolute Gasteiger partial charge is 0.416 e. The third-order valence-electron chi connectivity index (χ3n) is 2.71. The molecule has 1 atom stereocenters. The van der Waals surface area contributed by atoms with Crippen molar-refractivity contribution in [2.45, 2.75) is 32.2 Å². The molecule has 0 aliphatic rings. The number of hydrogen-bond acceptors (Lipinski definition) is 1. The molecule has 0 heterocycles. The lowest BCUT2D eigenvalue weighted by atomic mass is 9.93. The summed E-state index contributed by atoms with van der Waals surface area (Å²) >= 11 is 0. The van der Waals surface area contributed by atoms with Crippen molar-refractivity contribution in [2.24, 2.45) is 11.7 Å². The Balaban J connectivity index is 3.41. The van der Waals surface area contributed by atoms with Crippen LogP contribution in [0, 0.1) is 5.92 Å². The molecule has 0 aliphatic carbocycles. The van der Waals surface area contributed by atoms with Crippen molar-refractivity contribution in [3.63, 3.8) is 0 Å². The van der Waals surface area contributed by atoms with Gasteiger partial charge in [-0.15, -0.1) is 0 Å². The molecule has 1 unspecified atom stereocenters. The lowest BCUT2D eigenvalue weighted by molar-refractivity contribution is -0.143. The quantitative estimate of drug-likeness (QED) is 0.802. The molecular formula is C12H13F6N. The van der Waals surface area contributed by atoms with Crippen molar-refractivity contribution in [3.8, 4) is 0 Å². The third kappa shape index (κ3) is 3.86. The molecule has 0 fully saturated rings. The maximum absolute atomic E-state index is 12.6. The second-order valence-corrected chi connectivity index (χ2v) is 4.61. The van der Waals surface area contributed by atoms with E-state index in [0.29, 0.717) is 12.1 Å². The lowest BCUT2D eigenvalue weighted by Crippen LogP contribution is -2.19. The Bertz CT molecular complexity index is 414. The van der Waals surface area contributed by atoms with Gasteiger partial charge in [-0.2, -0.15) is 26.3 Å². The van der Waals surface area contributed by atoms with Crippen molar-refractivity contribution < 1.29 is 26.3 Å². The van der Waals surface area contributed by atoms with Gasteiger partial charge in [0, 0.05) is 6.04 Å². The Kier molecular flexibility index (Phi) is 4.19. The summed E-state index contributed by atoms with van der Waals surface area (Å²) in [6, 6.07) is 0.541. The highest BCUT2D eigenvalue weighted by molar-refractivity contribution is 5.35. The number of alkyl halides is 6. The summed E-state index contributed by atoms with van der Waals surface area (Å²) in [5.41, 5.74) is 2.78. The van der Waals surface area contributed by atoms with Gasteiger partial charge in [0.05, 0.1) is 11.1 Å². The van der Waals surface area contributed by atoms with Gasteiger partial charge in [0.15, 0.2) is 0 Å². The molecule has 0 radical (unpaired) electrons. The minimum absolute atomic E-state index is 0.0938. The van der Waals surface area contributed by atoms with E-state index in [9.17, 15) is 26.3 Å². The normalized spacial score (nSPS) is 14.8. The molecule has 19 heavy (non-hydrogen) atoms. The van der Waals surface area contributed by atoms with E-state index in [0.717, 1.165) is 0 Å². The first-order chi connectivity index (χ1) is 8.43. The highest BCUT2D eigenvalue weighted by Crippen LogP contribution is 2.37. The van der Waals surface area contributed by atoms with E-state index in [4.69, 9.17) is 5.73 Å². The molecule has 0 saturated heterocycles. The molecule has 0 bridgehead atoms. The van der Waals surface area contributed by atoms with Gasteiger partial charge in [-0.1, -0.05) is 13.8 Å². The topological polar surface area (TPSA) is 26.0 Å². The van der Waals surface area contributed by atoms with E-state index in [2.05, 4.69) is 0 Å². The summed E-state index contributed by atoms with van der Waals surface area (Å²) in [5, 5.41) is 0. The van der Waals surface area contributed by atoms with Crippen LogP contribution in [0.3, 0.4) is 0 Å². The molecule has 1 aromatic carbocycles. The maximum Gasteiger partial charge on any atom is 0.416 e. The van der Waals surface area contributed by atoms with Crippen LogP contribution < -0.4 is 5.73 Å². The van der Waals surface area contributed by atoms with E-state index in [1.807, 2.05) is 0 Å². The van der Waals surface area contributed by atoms with Crippen LogP contribution in [0.15, 0.2) is 18.2 Å². The fraction of sp³-hybridized carbons (Fsp3) is 0.500. The molecule has 108 valence electrons. The standard InChI is InChI=1S/C12H13F6N/c1-6(2)10(19)7-3-8(11(13,14)15)5-9(4-7)12(16,17)18/h3-6,10H,19H2,1-2H3. The van der Waals surface area contributed by atoms with Crippen LogP contribution in [0.4, 0.5) is 26.3 Å². The van der Waals surface area contributed by atoms with Crippen LogP contribution in [0.5, 0.6) is 0 Å². The van der Waals surface area contributed by atoms with Crippen molar-refractivity contribution in [1.82, 2.24) is 0 Å². The van der Waals surface area contributed by atoms with Gasteiger partial charge in [-0.25, -0.2) is 0 Å². The highest BCUT2D eigenvalue weighted by atomic mass is 19.4. The molecule has 0 spiro atoms. The van der Waals surface area contributed by atoms with E-state index in [-0.39, 0.29) is 17.5 Å². The van der Waals surface area contributed by atoms with Gasteiger partial charge in [0.25, 0.3) is 0 Å². The fourth-order valence-electron chi connectivity index (χ4n) is 1.56. The molecule has 0 saturated carbocycles. The summed E-state index contributed by atoms with van der Waals surface area (Å²) in [4.78, 5) is 0. The van der Waals surface area contributed by atoms with Crippen molar-refractivity contribution in [1.29, 1.82) is 0 Å². The molecule has 1 aromatic rings. The molecule has 0 aliphatic heterocycles. The van der Waals surface area contributed by atoms with E-state index >= 15 is 0 Å². The van der Waals surface area contributed by atoms with Gasteiger partial charge in [-0.3, -0.25) is 0 Å². The summed E-state index contributed by atoms with van der Waals surface area (Å²) in [5.74, 6) is -0.274. The Morgan fingerprint density at radius 3 is 1.47 bits per heavy atom. The van der Waals surface area contributed by atoms with Crippen LogP contribution in [0.1, 0.15) is 36.6 Å². The van der Waals surface area contributed by atoms with Crippen LogP contribution in [-0.2, 0) is 12.4 Å². The molecule has 2 N–H and O–H groups in total. The van der Waals surface area contributed by atoms with Gasteiger partial charge < -0.3 is 5.73 Å². The summed E-state index contributed by atoms with van der Waals surface area (Å²) in [7, 11) is 0. The van der Waals surface area contributed by atoms with Gasteiger partial charge in [0.1, 0.15) is 0 Å². The Hall–Kier alpha value is -1.24. The highest BCUT2D eigenvalue weighted by Gasteiger charge is 2.37. The molecule has 1 rings (SSSR count). The average molecular weight is 285 g/mol. The zero-order chi connectivity index (χ0) is 15.0. The first kappa shape index (κ1) is 15.8. The Labute approximate surface area is 106 Å². The number of halogens is 6. The molecule has 0 aromatic heterocycles. The zero-order valence-electron chi connectivity index (χ0n) is 10.2. The first-order valence-corrected chi connectivity index (χ1v) is 5.48. The van der Waals surface area contributed by atoms with E-state index in [1.165, 1.54) is 0 Å².